The van der Waals surface area contributed by atoms with Crippen molar-refractivity contribution in [3.8, 4) is 5.69 Å². The van der Waals surface area contributed by atoms with Gasteiger partial charge in [-0.25, -0.2) is 9.67 Å². The van der Waals surface area contributed by atoms with Gasteiger partial charge in [0.1, 0.15) is 12.1 Å². The lowest BCUT2D eigenvalue weighted by Crippen LogP contribution is -2.47. The number of nitrogens with one attached hydrogen (secondary N) is 2. The zero-order valence-corrected chi connectivity index (χ0v) is 24.6. The van der Waals surface area contributed by atoms with E-state index in [1.807, 2.05) is 11.6 Å². The summed E-state index contributed by atoms with van der Waals surface area (Å²) in [5.41, 5.74) is 8.15. The van der Waals surface area contributed by atoms with Crippen molar-refractivity contribution in [2.45, 2.75) is 45.6 Å². The lowest BCUT2D eigenvalue weighted by Gasteiger charge is -2.36. The number of rotatable bonds is 9. The molecule has 218 valence electrons. The van der Waals surface area contributed by atoms with Crippen molar-refractivity contribution in [1.82, 2.24) is 29.9 Å². The second-order valence-electron chi connectivity index (χ2n) is 11.9. The number of carbonyl (C=O) groups excluding carboxylic acids is 1. The Bertz CT molecular complexity index is 1340. The van der Waals surface area contributed by atoms with Crippen molar-refractivity contribution in [2.75, 3.05) is 75.7 Å². The van der Waals surface area contributed by atoms with E-state index >= 15 is 0 Å². The smallest absolute Gasteiger partial charge is 0.129 e. The van der Waals surface area contributed by atoms with Gasteiger partial charge in [0.05, 0.1) is 17.1 Å². The number of anilines is 2. The van der Waals surface area contributed by atoms with Gasteiger partial charge in [0.15, 0.2) is 0 Å². The van der Waals surface area contributed by atoms with Gasteiger partial charge < -0.3 is 25.2 Å². The standard InChI is InChI=1S/C32H44N8O/c1-24-18-25(2)40(36-24)31-20-28(19-30(21-31)39-11-9-33-10-12-39)27(7-17-41)22-37-13-15-38(16-14-37)23-29-6-5-26-4-3-8-34-32(26)35-29/h5-6,17-21,27,33H,3-4,7-16,22-23H2,1-2H3,(H,34,35)/t27-/m1/s1. The number of carbonyl (C=O) groups is 1. The molecule has 3 aliphatic heterocycles. The molecule has 1 atom stereocenters. The van der Waals surface area contributed by atoms with E-state index in [2.05, 4.69) is 68.7 Å². The van der Waals surface area contributed by atoms with Crippen molar-refractivity contribution < 1.29 is 4.79 Å². The molecule has 0 bridgehead atoms. The maximum absolute atomic E-state index is 11.9. The SMILES string of the molecule is Cc1cc(C)n(-c2cc([C@H](CC=O)CN3CCN(Cc4ccc5c(n4)NCCC5)CC3)cc(N3CCNCC3)c2)n1. The van der Waals surface area contributed by atoms with Crippen LogP contribution in [0, 0.1) is 13.8 Å². The summed E-state index contributed by atoms with van der Waals surface area (Å²) in [7, 11) is 0. The average Bonchev–Trinajstić information content (AvgIpc) is 3.35. The van der Waals surface area contributed by atoms with Crippen molar-refractivity contribution >= 4 is 17.8 Å². The van der Waals surface area contributed by atoms with Gasteiger partial charge in [-0.1, -0.05) is 6.07 Å². The molecule has 3 aromatic rings. The monoisotopic (exact) mass is 556 g/mol. The van der Waals surface area contributed by atoms with E-state index < -0.39 is 0 Å². The Morgan fingerprint density at radius 1 is 0.927 bits per heavy atom. The van der Waals surface area contributed by atoms with E-state index in [0.717, 1.165) is 113 Å². The highest BCUT2D eigenvalue weighted by Gasteiger charge is 2.24. The first-order valence-electron chi connectivity index (χ1n) is 15.3. The molecule has 2 fully saturated rings. The molecule has 1 aromatic carbocycles. The number of hydrogen-bond donors (Lipinski definition) is 2. The number of pyridine rings is 1. The molecule has 5 heterocycles. The Morgan fingerprint density at radius 3 is 2.46 bits per heavy atom. The van der Waals surface area contributed by atoms with Crippen LogP contribution in [0.5, 0.6) is 0 Å². The quantitative estimate of drug-likeness (QED) is 0.389. The second-order valence-corrected chi connectivity index (χ2v) is 11.9. The van der Waals surface area contributed by atoms with Crippen molar-refractivity contribution in [2.24, 2.45) is 0 Å². The summed E-state index contributed by atoms with van der Waals surface area (Å²) in [4.78, 5) is 24.3. The van der Waals surface area contributed by atoms with E-state index in [1.165, 1.54) is 23.2 Å². The molecule has 0 amide bonds. The summed E-state index contributed by atoms with van der Waals surface area (Å²) >= 11 is 0. The number of nitrogens with zero attached hydrogens (tertiary/aromatic N) is 6. The van der Waals surface area contributed by atoms with Gasteiger partial charge >= 0.3 is 0 Å². The Hall–Kier alpha value is -3.27. The highest BCUT2D eigenvalue weighted by molar-refractivity contribution is 5.59. The highest BCUT2D eigenvalue weighted by Crippen LogP contribution is 2.30. The van der Waals surface area contributed by atoms with E-state index in [4.69, 9.17) is 10.1 Å². The van der Waals surface area contributed by atoms with E-state index in [-0.39, 0.29) is 5.92 Å². The van der Waals surface area contributed by atoms with Gasteiger partial charge in [0.2, 0.25) is 0 Å². The zero-order chi connectivity index (χ0) is 28.2. The third kappa shape index (κ3) is 6.63. The summed E-state index contributed by atoms with van der Waals surface area (Å²) in [6, 6.07) is 13.4. The number of aldehydes is 1. The Kier molecular flexibility index (Phi) is 8.64. The van der Waals surface area contributed by atoms with Gasteiger partial charge in [-0.15, -0.1) is 0 Å². The van der Waals surface area contributed by atoms with Crippen LogP contribution in [-0.4, -0.2) is 96.3 Å². The first-order valence-corrected chi connectivity index (χ1v) is 15.3. The molecule has 0 aliphatic carbocycles. The van der Waals surface area contributed by atoms with Gasteiger partial charge in [-0.3, -0.25) is 4.90 Å². The van der Waals surface area contributed by atoms with E-state index in [0.29, 0.717) is 6.42 Å². The first kappa shape index (κ1) is 27.9. The Morgan fingerprint density at radius 2 is 1.71 bits per heavy atom. The van der Waals surface area contributed by atoms with Crippen LogP contribution in [0.4, 0.5) is 11.5 Å². The Balaban J connectivity index is 1.16. The molecule has 0 spiro atoms. The summed E-state index contributed by atoms with van der Waals surface area (Å²) in [6.45, 7) is 14.9. The molecule has 41 heavy (non-hydrogen) atoms. The third-order valence-corrected chi connectivity index (χ3v) is 8.79. The lowest BCUT2D eigenvalue weighted by atomic mass is 9.94. The molecular formula is C32H44N8O. The number of fused-ring (bicyclic) bond motifs is 1. The van der Waals surface area contributed by atoms with E-state index in [9.17, 15) is 4.79 Å². The van der Waals surface area contributed by atoms with Crippen molar-refractivity contribution in [3.63, 3.8) is 0 Å². The van der Waals surface area contributed by atoms with Gasteiger partial charge in [0.25, 0.3) is 0 Å². The van der Waals surface area contributed by atoms with Crippen molar-refractivity contribution in [3.05, 3.63) is 64.6 Å². The summed E-state index contributed by atoms with van der Waals surface area (Å²) < 4.78 is 2.05. The minimum absolute atomic E-state index is 0.144. The molecule has 0 radical (unpaired) electrons. The topological polar surface area (TPSA) is 81.6 Å². The molecule has 2 N–H and O–H groups in total. The molecule has 2 aromatic heterocycles. The summed E-state index contributed by atoms with van der Waals surface area (Å²) in [5, 5.41) is 11.7. The van der Waals surface area contributed by atoms with Crippen LogP contribution in [0.25, 0.3) is 5.69 Å². The number of benzene rings is 1. The fourth-order valence-electron chi connectivity index (χ4n) is 6.53. The van der Waals surface area contributed by atoms with Crippen LogP contribution in [0.2, 0.25) is 0 Å². The van der Waals surface area contributed by atoms with Crippen LogP contribution in [0.3, 0.4) is 0 Å². The molecule has 0 saturated carbocycles. The summed E-state index contributed by atoms with van der Waals surface area (Å²) in [6.07, 6.45) is 3.92. The van der Waals surface area contributed by atoms with E-state index in [1.54, 1.807) is 0 Å². The molecule has 0 unspecified atom stereocenters. The minimum atomic E-state index is 0.144. The normalized spacial score (nSPS) is 19.0. The minimum Gasteiger partial charge on any atom is -0.370 e. The largest absolute Gasteiger partial charge is 0.370 e. The van der Waals surface area contributed by atoms with Crippen LogP contribution in [0.15, 0.2) is 36.4 Å². The first-order chi connectivity index (χ1) is 20.1. The fraction of sp³-hybridized carbons (Fsp3) is 0.531. The molecule has 6 rings (SSSR count). The highest BCUT2D eigenvalue weighted by atomic mass is 16.1. The summed E-state index contributed by atoms with van der Waals surface area (Å²) in [5.74, 6) is 1.22. The predicted octanol–water partition coefficient (Wildman–Crippen LogP) is 3.14. The zero-order valence-electron chi connectivity index (χ0n) is 24.6. The maximum Gasteiger partial charge on any atom is 0.129 e. The lowest BCUT2D eigenvalue weighted by molar-refractivity contribution is -0.108. The number of aromatic nitrogens is 3. The van der Waals surface area contributed by atoms with Crippen LogP contribution < -0.4 is 15.5 Å². The number of aryl methyl sites for hydroxylation is 3. The third-order valence-electron chi connectivity index (χ3n) is 8.79. The molecule has 9 heteroatoms. The van der Waals surface area contributed by atoms with Crippen LogP contribution >= 0.6 is 0 Å². The molecule has 9 nitrogen and oxygen atoms in total. The number of piperazine rings is 2. The van der Waals surface area contributed by atoms with Crippen LogP contribution in [-0.2, 0) is 17.8 Å². The number of hydrogen-bond acceptors (Lipinski definition) is 8. The van der Waals surface area contributed by atoms with Gasteiger partial charge in [-0.2, -0.15) is 5.10 Å². The second kappa shape index (κ2) is 12.7. The molecule has 3 aliphatic rings. The van der Waals surface area contributed by atoms with Gasteiger partial charge in [0, 0.05) is 95.7 Å². The Labute approximate surface area is 243 Å². The molecule has 2 saturated heterocycles. The average molecular weight is 557 g/mol. The van der Waals surface area contributed by atoms with Crippen LogP contribution in [0.1, 0.15) is 47.0 Å². The fourth-order valence-corrected chi connectivity index (χ4v) is 6.53. The predicted molar refractivity (Wildman–Crippen MR) is 164 cm³/mol. The van der Waals surface area contributed by atoms with Crippen molar-refractivity contribution in [1.29, 1.82) is 0 Å². The molecular weight excluding hydrogens is 512 g/mol. The maximum atomic E-state index is 11.9. The van der Waals surface area contributed by atoms with Gasteiger partial charge in [-0.05, 0) is 68.1 Å².